The molecule has 0 unspecified atom stereocenters. The Morgan fingerprint density at radius 2 is 2.21 bits per heavy atom. The fraction of sp³-hybridized carbons (Fsp3) is 0.333. The molecule has 0 atom stereocenters. The second-order valence-electron chi connectivity index (χ2n) is 3.29. The SMILES string of the molecule is CC/C(=C/c1cc(F)ccc1C)CBr. The van der Waals surface area contributed by atoms with Crippen molar-refractivity contribution in [3.8, 4) is 0 Å². The van der Waals surface area contributed by atoms with Gasteiger partial charge in [0.2, 0.25) is 0 Å². The summed E-state index contributed by atoms with van der Waals surface area (Å²) in [5.41, 5.74) is 3.36. The maximum absolute atomic E-state index is 13.0. The molecule has 0 radical (unpaired) electrons. The third-order valence-electron chi connectivity index (χ3n) is 2.23. The molecule has 0 spiro atoms. The lowest BCUT2D eigenvalue weighted by molar-refractivity contribution is 0.627. The van der Waals surface area contributed by atoms with Gasteiger partial charge in [-0.15, -0.1) is 0 Å². The van der Waals surface area contributed by atoms with Gasteiger partial charge in [0.05, 0.1) is 0 Å². The second-order valence-corrected chi connectivity index (χ2v) is 3.85. The van der Waals surface area contributed by atoms with Crippen LogP contribution in [0.3, 0.4) is 0 Å². The van der Waals surface area contributed by atoms with Crippen LogP contribution in [0, 0.1) is 12.7 Å². The lowest BCUT2D eigenvalue weighted by Gasteiger charge is -2.03. The standard InChI is InChI=1S/C12H14BrF/c1-3-10(8-13)6-11-7-12(14)5-4-9(11)2/h4-7H,3,8H2,1-2H3/b10-6-. The third-order valence-corrected chi connectivity index (χ3v) is 2.95. The summed E-state index contributed by atoms with van der Waals surface area (Å²) in [7, 11) is 0. The Kier molecular flexibility index (Phi) is 4.33. The number of hydrogen-bond acceptors (Lipinski definition) is 0. The maximum atomic E-state index is 13.0. The average molecular weight is 257 g/mol. The van der Waals surface area contributed by atoms with E-state index in [0.717, 1.165) is 22.9 Å². The van der Waals surface area contributed by atoms with Gasteiger partial charge in [0.1, 0.15) is 5.82 Å². The first kappa shape index (κ1) is 11.4. The molecule has 2 heteroatoms. The third kappa shape index (κ3) is 2.95. The first-order valence-corrected chi connectivity index (χ1v) is 5.81. The molecule has 0 aliphatic heterocycles. The van der Waals surface area contributed by atoms with Crippen LogP contribution in [0.25, 0.3) is 6.08 Å². The van der Waals surface area contributed by atoms with Crippen molar-refractivity contribution < 1.29 is 4.39 Å². The molecule has 1 aromatic rings. The Hall–Kier alpha value is -0.630. The molecule has 76 valence electrons. The largest absolute Gasteiger partial charge is 0.207 e. The molecule has 0 heterocycles. The maximum Gasteiger partial charge on any atom is 0.123 e. The summed E-state index contributed by atoms with van der Waals surface area (Å²) in [6.07, 6.45) is 3.04. The van der Waals surface area contributed by atoms with Crippen molar-refractivity contribution in [2.24, 2.45) is 0 Å². The number of rotatable bonds is 3. The van der Waals surface area contributed by atoms with Crippen LogP contribution in [0.5, 0.6) is 0 Å². The molecule has 0 bridgehead atoms. The van der Waals surface area contributed by atoms with Gasteiger partial charge in [-0.1, -0.05) is 40.6 Å². The van der Waals surface area contributed by atoms with Gasteiger partial charge in [0.25, 0.3) is 0 Å². The van der Waals surface area contributed by atoms with Gasteiger partial charge in [-0.25, -0.2) is 4.39 Å². The zero-order valence-electron chi connectivity index (χ0n) is 8.48. The quantitative estimate of drug-likeness (QED) is 0.707. The Balaban J connectivity index is 3.06. The Morgan fingerprint density at radius 1 is 1.50 bits per heavy atom. The van der Waals surface area contributed by atoms with E-state index in [4.69, 9.17) is 0 Å². The summed E-state index contributed by atoms with van der Waals surface area (Å²) < 4.78 is 13.0. The van der Waals surface area contributed by atoms with E-state index in [1.807, 2.05) is 19.1 Å². The van der Waals surface area contributed by atoms with Crippen LogP contribution in [0.2, 0.25) is 0 Å². The molecule has 0 fully saturated rings. The predicted octanol–water partition coefficient (Wildman–Crippen LogP) is 4.32. The van der Waals surface area contributed by atoms with Crippen molar-refractivity contribution in [3.05, 3.63) is 40.7 Å². The molecule has 0 nitrogen and oxygen atoms in total. The van der Waals surface area contributed by atoms with Crippen LogP contribution in [0.15, 0.2) is 23.8 Å². The van der Waals surface area contributed by atoms with Gasteiger partial charge in [0.15, 0.2) is 0 Å². The number of allylic oxidation sites excluding steroid dienone is 1. The molecule has 0 N–H and O–H groups in total. The molecule has 0 saturated carbocycles. The molecule has 0 amide bonds. The van der Waals surface area contributed by atoms with Crippen molar-refractivity contribution in [2.75, 3.05) is 5.33 Å². The highest BCUT2D eigenvalue weighted by molar-refractivity contribution is 9.09. The summed E-state index contributed by atoms with van der Waals surface area (Å²) in [5, 5.41) is 0.847. The van der Waals surface area contributed by atoms with E-state index in [2.05, 4.69) is 22.9 Å². The van der Waals surface area contributed by atoms with E-state index >= 15 is 0 Å². The lowest BCUT2D eigenvalue weighted by atomic mass is 10.1. The van der Waals surface area contributed by atoms with Crippen molar-refractivity contribution in [3.63, 3.8) is 0 Å². The fourth-order valence-electron chi connectivity index (χ4n) is 1.22. The lowest BCUT2D eigenvalue weighted by Crippen LogP contribution is -1.87. The molecule has 14 heavy (non-hydrogen) atoms. The summed E-state index contributed by atoms with van der Waals surface area (Å²) in [6.45, 7) is 4.09. The highest BCUT2D eigenvalue weighted by Gasteiger charge is 1.99. The van der Waals surface area contributed by atoms with Gasteiger partial charge in [-0.3, -0.25) is 0 Å². The molecule has 1 rings (SSSR count). The normalized spacial score (nSPS) is 11.9. The number of halogens is 2. The van der Waals surface area contributed by atoms with E-state index in [1.165, 1.54) is 11.6 Å². The monoisotopic (exact) mass is 256 g/mol. The molecule has 0 aromatic heterocycles. The van der Waals surface area contributed by atoms with Crippen LogP contribution in [-0.2, 0) is 0 Å². The molecule has 0 aliphatic carbocycles. The van der Waals surface area contributed by atoms with Gasteiger partial charge >= 0.3 is 0 Å². The van der Waals surface area contributed by atoms with Crippen molar-refractivity contribution >= 4 is 22.0 Å². The summed E-state index contributed by atoms with van der Waals surface area (Å²) in [5.74, 6) is -0.174. The highest BCUT2D eigenvalue weighted by atomic mass is 79.9. The Bertz CT molecular complexity index is 336. The first-order valence-electron chi connectivity index (χ1n) is 4.69. The second kappa shape index (κ2) is 5.30. The number of benzene rings is 1. The molecular weight excluding hydrogens is 243 g/mol. The zero-order chi connectivity index (χ0) is 10.6. The van der Waals surface area contributed by atoms with E-state index in [1.54, 1.807) is 6.07 Å². The van der Waals surface area contributed by atoms with Crippen molar-refractivity contribution in [1.29, 1.82) is 0 Å². The minimum Gasteiger partial charge on any atom is -0.207 e. The molecular formula is C12H14BrF. The summed E-state index contributed by atoms with van der Waals surface area (Å²) in [6, 6.07) is 4.88. The van der Waals surface area contributed by atoms with Gasteiger partial charge in [-0.05, 0) is 36.6 Å². The minimum atomic E-state index is -0.174. The van der Waals surface area contributed by atoms with Gasteiger partial charge in [0, 0.05) is 5.33 Å². The van der Waals surface area contributed by atoms with E-state index in [0.29, 0.717) is 0 Å². The van der Waals surface area contributed by atoms with Gasteiger partial charge in [-0.2, -0.15) is 0 Å². The van der Waals surface area contributed by atoms with E-state index < -0.39 is 0 Å². The molecule has 1 aromatic carbocycles. The van der Waals surface area contributed by atoms with Crippen LogP contribution >= 0.6 is 15.9 Å². The topological polar surface area (TPSA) is 0 Å². The number of alkyl halides is 1. The average Bonchev–Trinajstić information content (AvgIpc) is 2.19. The van der Waals surface area contributed by atoms with Crippen molar-refractivity contribution in [1.82, 2.24) is 0 Å². The predicted molar refractivity (Wildman–Crippen MR) is 63.2 cm³/mol. The number of hydrogen-bond donors (Lipinski definition) is 0. The molecule has 0 aliphatic rings. The minimum absolute atomic E-state index is 0.174. The number of aryl methyl sites for hydroxylation is 1. The van der Waals surface area contributed by atoms with Crippen LogP contribution in [-0.4, -0.2) is 5.33 Å². The van der Waals surface area contributed by atoms with Crippen LogP contribution in [0.1, 0.15) is 24.5 Å². The van der Waals surface area contributed by atoms with Crippen molar-refractivity contribution in [2.45, 2.75) is 20.3 Å². The van der Waals surface area contributed by atoms with E-state index in [9.17, 15) is 4.39 Å². The summed E-state index contributed by atoms with van der Waals surface area (Å²) >= 11 is 3.41. The summed E-state index contributed by atoms with van der Waals surface area (Å²) in [4.78, 5) is 0. The van der Waals surface area contributed by atoms with Crippen LogP contribution in [0.4, 0.5) is 4.39 Å². The molecule has 0 saturated heterocycles. The first-order chi connectivity index (χ1) is 6.67. The van der Waals surface area contributed by atoms with Crippen LogP contribution < -0.4 is 0 Å². The van der Waals surface area contributed by atoms with Gasteiger partial charge < -0.3 is 0 Å². The van der Waals surface area contributed by atoms with E-state index in [-0.39, 0.29) is 5.82 Å². The fourth-order valence-corrected chi connectivity index (χ4v) is 1.78. The zero-order valence-corrected chi connectivity index (χ0v) is 10.1. The highest BCUT2D eigenvalue weighted by Crippen LogP contribution is 2.16. The Morgan fingerprint density at radius 3 is 2.79 bits per heavy atom. The Labute approximate surface area is 93.0 Å². The smallest absolute Gasteiger partial charge is 0.123 e.